The number of carbonyl (C=O) groups is 1. The number of hydrogen-bond acceptors (Lipinski definition) is 9. The zero-order valence-corrected chi connectivity index (χ0v) is 29.9. The van der Waals surface area contributed by atoms with Gasteiger partial charge in [0.25, 0.3) is 5.56 Å². The number of methoxy groups -OCH3 is 1. The van der Waals surface area contributed by atoms with E-state index < -0.39 is 12.0 Å². The molecule has 50 heavy (non-hydrogen) atoms. The van der Waals surface area contributed by atoms with Crippen LogP contribution in [0, 0.1) is 5.82 Å². The van der Waals surface area contributed by atoms with Gasteiger partial charge in [0.05, 0.1) is 48.3 Å². The zero-order valence-electron chi connectivity index (χ0n) is 29.1. The normalized spacial score (nSPS) is 14.2. The maximum atomic E-state index is 14.3. The Morgan fingerprint density at radius 2 is 1.86 bits per heavy atom. The monoisotopic (exact) mass is 700 g/mol. The van der Waals surface area contributed by atoms with Crippen LogP contribution >= 0.6 is 11.3 Å². The fraction of sp³-hybridized carbons (Fsp3) is 0.308. The van der Waals surface area contributed by atoms with E-state index in [9.17, 15) is 14.0 Å². The van der Waals surface area contributed by atoms with Crippen LogP contribution in [0.25, 0.3) is 6.08 Å². The minimum absolute atomic E-state index is 0.0889. The minimum atomic E-state index is -0.830. The van der Waals surface area contributed by atoms with Gasteiger partial charge in [-0.25, -0.2) is 14.2 Å². The van der Waals surface area contributed by atoms with Crippen LogP contribution in [0.1, 0.15) is 62.9 Å². The third kappa shape index (κ3) is 7.83. The van der Waals surface area contributed by atoms with Gasteiger partial charge in [-0.3, -0.25) is 9.36 Å². The number of ether oxygens (including phenoxy) is 5. The molecule has 262 valence electrons. The highest BCUT2D eigenvalue weighted by molar-refractivity contribution is 7.07. The highest BCUT2D eigenvalue weighted by atomic mass is 32.1. The van der Waals surface area contributed by atoms with Crippen molar-refractivity contribution in [2.24, 2.45) is 4.99 Å². The maximum absolute atomic E-state index is 14.3. The number of esters is 1. The van der Waals surface area contributed by atoms with Crippen LogP contribution in [0.15, 0.2) is 88.3 Å². The van der Waals surface area contributed by atoms with Crippen molar-refractivity contribution in [2.75, 3.05) is 20.3 Å². The Bertz CT molecular complexity index is 2120. The molecule has 4 aromatic rings. The Balaban J connectivity index is 1.64. The second-order valence-electron chi connectivity index (χ2n) is 11.7. The number of aromatic nitrogens is 1. The highest BCUT2D eigenvalue weighted by Crippen LogP contribution is 2.37. The number of hydrogen-bond donors (Lipinski definition) is 0. The molecule has 1 aliphatic heterocycles. The lowest BCUT2D eigenvalue weighted by Gasteiger charge is -2.25. The third-order valence-corrected chi connectivity index (χ3v) is 8.75. The number of fused-ring (bicyclic) bond motifs is 1. The molecule has 0 aliphatic carbocycles. The van der Waals surface area contributed by atoms with Gasteiger partial charge in [0.2, 0.25) is 0 Å². The van der Waals surface area contributed by atoms with E-state index in [1.165, 1.54) is 28.0 Å². The van der Waals surface area contributed by atoms with Crippen LogP contribution in [0.2, 0.25) is 0 Å². The van der Waals surface area contributed by atoms with E-state index in [0.717, 1.165) is 5.56 Å². The van der Waals surface area contributed by atoms with E-state index in [0.29, 0.717) is 67.7 Å². The van der Waals surface area contributed by atoms with Crippen molar-refractivity contribution in [3.05, 3.63) is 126 Å². The Morgan fingerprint density at radius 1 is 1.06 bits per heavy atom. The molecule has 0 radical (unpaired) electrons. The second kappa shape index (κ2) is 16.0. The number of benzene rings is 3. The van der Waals surface area contributed by atoms with Gasteiger partial charge in [0, 0.05) is 5.56 Å². The predicted octanol–water partition coefficient (Wildman–Crippen LogP) is 6.44. The van der Waals surface area contributed by atoms with Gasteiger partial charge in [-0.15, -0.1) is 6.58 Å². The lowest BCUT2D eigenvalue weighted by Crippen LogP contribution is -2.40. The Morgan fingerprint density at radius 3 is 2.54 bits per heavy atom. The van der Waals surface area contributed by atoms with Gasteiger partial charge in [-0.05, 0) is 100 Å². The van der Waals surface area contributed by atoms with Crippen molar-refractivity contribution in [1.29, 1.82) is 0 Å². The summed E-state index contributed by atoms with van der Waals surface area (Å²) in [5.41, 5.74) is 3.18. The highest BCUT2D eigenvalue weighted by Gasteiger charge is 2.34. The molecule has 1 aromatic heterocycles. The molecule has 0 fully saturated rings. The first-order valence-electron chi connectivity index (χ1n) is 16.4. The van der Waals surface area contributed by atoms with E-state index in [1.54, 1.807) is 63.4 Å². The Hall–Kier alpha value is -5.16. The van der Waals surface area contributed by atoms with Gasteiger partial charge < -0.3 is 23.7 Å². The van der Waals surface area contributed by atoms with E-state index in [-0.39, 0.29) is 36.3 Å². The molecule has 0 saturated carbocycles. The molecule has 3 aromatic carbocycles. The lowest BCUT2D eigenvalue weighted by molar-refractivity contribution is -0.139. The van der Waals surface area contributed by atoms with Gasteiger partial charge in [-0.1, -0.05) is 35.6 Å². The summed E-state index contributed by atoms with van der Waals surface area (Å²) < 4.78 is 45.0. The third-order valence-electron chi connectivity index (χ3n) is 7.77. The zero-order chi connectivity index (χ0) is 35.9. The van der Waals surface area contributed by atoms with Gasteiger partial charge in [0.1, 0.15) is 12.4 Å². The molecular formula is C39H41FN2O7S. The summed E-state index contributed by atoms with van der Waals surface area (Å²) in [6.45, 7) is 13.7. The minimum Gasteiger partial charge on any atom is -0.493 e. The van der Waals surface area contributed by atoms with E-state index in [4.69, 9.17) is 28.7 Å². The van der Waals surface area contributed by atoms with E-state index >= 15 is 0 Å². The lowest BCUT2D eigenvalue weighted by atomic mass is 9.95. The Kier molecular flexibility index (Phi) is 11.6. The van der Waals surface area contributed by atoms with Crippen molar-refractivity contribution in [1.82, 2.24) is 4.57 Å². The van der Waals surface area contributed by atoms with Crippen molar-refractivity contribution in [3.8, 4) is 23.0 Å². The number of nitrogens with zero attached hydrogens (tertiary/aromatic N) is 2. The summed E-state index contributed by atoms with van der Waals surface area (Å²) in [5.74, 6) is 1.11. The molecule has 0 N–H and O–H groups in total. The van der Waals surface area contributed by atoms with Gasteiger partial charge >= 0.3 is 5.97 Å². The molecule has 11 heteroatoms. The summed E-state index contributed by atoms with van der Waals surface area (Å²) in [6.07, 6.45) is 3.90. The van der Waals surface area contributed by atoms with Crippen LogP contribution in [-0.2, 0) is 22.6 Å². The fourth-order valence-corrected chi connectivity index (χ4v) is 6.79. The largest absolute Gasteiger partial charge is 0.493 e. The summed E-state index contributed by atoms with van der Waals surface area (Å²) in [7, 11) is 1.54. The number of thiazole rings is 1. The maximum Gasteiger partial charge on any atom is 0.338 e. The molecule has 1 aliphatic rings. The quantitative estimate of drug-likeness (QED) is 0.110. The standard InChI is InChI=1S/C39H41FN2O7S/c1-8-12-28-17-26(19-32(46-9-2)36(28)48-22-25-13-11-14-29(40)18-25)20-33-37(43)42-35(27-15-16-30(49-23(4)5)31(21-27)45-7)34(38(44)47-10-3)24(6)41-39(42)50-33/h8,11,13-21,23,35H,1,9-10,12,22H2,2-7H3/b33-20-/t35-/m1/s1. The number of carbonyl (C=O) groups excluding carboxylic acids is 1. The average molecular weight is 701 g/mol. The summed E-state index contributed by atoms with van der Waals surface area (Å²) in [6, 6.07) is 14.5. The van der Waals surface area contributed by atoms with Crippen molar-refractivity contribution in [2.45, 2.75) is 59.8 Å². The Labute approximate surface area is 294 Å². The van der Waals surface area contributed by atoms with E-state index in [1.807, 2.05) is 32.9 Å². The van der Waals surface area contributed by atoms with Crippen molar-refractivity contribution < 1.29 is 32.9 Å². The number of rotatable bonds is 14. The van der Waals surface area contributed by atoms with Crippen LogP contribution in [0.5, 0.6) is 23.0 Å². The molecule has 0 amide bonds. The molecule has 2 heterocycles. The molecule has 5 rings (SSSR count). The summed E-state index contributed by atoms with van der Waals surface area (Å²) in [5, 5.41) is 0. The van der Waals surface area contributed by atoms with Crippen LogP contribution in [0.3, 0.4) is 0 Å². The van der Waals surface area contributed by atoms with E-state index in [2.05, 4.69) is 6.58 Å². The van der Waals surface area contributed by atoms with Crippen LogP contribution in [-0.4, -0.2) is 37.0 Å². The molecule has 1 atom stereocenters. The first kappa shape index (κ1) is 36.1. The average Bonchev–Trinajstić information content (AvgIpc) is 3.37. The van der Waals surface area contributed by atoms with Crippen LogP contribution < -0.4 is 33.8 Å². The molecule has 0 unspecified atom stereocenters. The fourth-order valence-electron chi connectivity index (χ4n) is 5.75. The molecule has 0 spiro atoms. The smallest absolute Gasteiger partial charge is 0.338 e. The number of allylic oxidation sites excluding steroid dienone is 2. The topological polar surface area (TPSA) is 97.6 Å². The predicted molar refractivity (Wildman–Crippen MR) is 191 cm³/mol. The molecule has 0 bridgehead atoms. The van der Waals surface area contributed by atoms with Gasteiger partial charge in [0.15, 0.2) is 27.8 Å². The molecular weight excluding hydrogens is 660 g/mol. The second-order valence-corrected chi connectivity index (χ2v) is 12.7. The van der Waals surface area contributed by atoms with Crippen molar-refractivity contribution >= 4 is 23.4 Å². The first-order valence-corrected chi connectivity index (χ1v) is 17.2. The molecule has 0 saturated heterocycles. The number of halogens is 1. The summed E-state index contributed by atoms with van der Waals surface area (Å²) in [4.78, 5) is 32.9. The first-order chi connectivity index (χ1) is 24.1. The summed E-state index contributed by atoms with van der Waals surface area (Å²) >= 11 is 1.22. The SMILES string of the molecule is C=CCc1cc(/C=c2\sc3n(c2=O)[C@H](c2ccc(OC(C)C)c(OC)c2)C(C(=O)OCC)=C(C)N=3)cc(OCC)c1OCc1cccc(F)c1. The molecule has 9 nitrogen and oxygen atoms in total. The van der Waals surface area contributed by atoms with Crippen molar-refractivity contribution in [3.63, 3.8) is 0 Å². The van der Waals surface area contributed by atoms with Crippen LogP contribution in [0.4, 0.5) is 4.39 Å². The van der Waals surface area contributed by atoms with Gasteiger partial charge in [-0.2, -0.15) is 0 Å².